The Hall–Kier alpha value is -3.27. The van der Waals surface area contributed by atoms with E-state index in [0.29, 0.717) is 0 Å². The molecule has 0 spiro atoms. The van der Waals surface area contributed by atoms with Crippen LogP contribution >= 0.6 is 7.60 Å². The Morgan fingerprint density at radius 1 is 1.37 bits per heavy atom. The molecule has 0 aliphatic carbocycles. The number of aliphatic hydroxyl groups is 1. The first-order valence-corrected chi connectivity index (χ1v) is 13.4. The van der Waals surface area contributed by atoms with Gasteiger partial charge in [0, 0.05) is 0 Å². The number of para-hydroxylation sites is 1. The van der Waals surface area contributed by atoms with Gasteiger partial charge in [0.1, 0.15) is 24.3 Å². The van der Waals surface area contributed by atoms with Crippen molar-refractivity contribution in [1.82, 2.24) is 14.5 Å². The van der Waals surface area contributed by atoms with E-state index in [1.54, 1.807) is 32.0 Å². The maximum Gasteiger partial charge on any atom is 0.380 e. The molecular formula is C24H32N5O8P. The molecule has 206 valence electrons. The number of nitrogen functional groups attached to an aromatic ring is 1. The van der Waals surface area contributed by atoms with E-state index in [1.807, 2.05) is 0 Å². The molecule has 1 fully saturated rings. The van der Waals surface area contributed by atoms with Crippen LogP contribution in [0.15, 0.2) is 41.5 Å². The highest BCUT2D eigenvalue weighted by atomic mass is 31.2. The smallest absolute Gasteiger partial charge is 0.380 e. The zero-order valence-corrected chi connectivity index (χ0v) is 22.2. The molecule has 3 rings (SSSR count). The van der Waals surface area contributed by atoms with Crippen LogP contribution in [-0.2, 0) is 23.4 Å². The number of ether oxygens (including phenoxy) is 2. The molecule has 0 amide bonds. The molecule has 1 aliphatic heterocycles. The van der Waals surface area contributed by atoms with Crippen LogP contribution in [0.3, 0.4) is 0 Å². The van der Waals surface area contributed by atoms with Crippen LogP contribution in [0.5, 0.6) is 5.75 Å². The lowest BCUT2D eigenvalue weighted by atomic mass is 9.91. The Labute approximate surface area is 222 Å². The van der Waals surface area contributed by atoms with E-state index in [0.717, 1.165) is 10.9 Å². The summed E-state index contributed by atoms with van der Waals surface area (Å²) in [6.07, 6.45) is -5.52. The topological polar surface area (TPSA) is 191 Å². The molecule has 1 aliphatic rings. The summed E-state index contributed by atoms with van der Waals surface area (Å²) in [5.74, 6) is 3.10. The molecule has 2 heterocycles. The molecule has 1 aromatic carbocycles. The number of rotatable bonds is 10. The summed E-state index contributed by atoms with van der Waals surface area (Å²) in [7, 11) is -4.51. The summed E-state index contributed by atoms with van der Waals surface area (Å²) in [5, 5.41) is 11.1. The molecule has 1 saturated heterocycles. The third-order valence-corrected chi connectivity index (χ3v) is 7.21. The first kappa shape index (κ1) is 26.3. The van der Waals surface area contributed by atoms with Gasteiger partial charge in [-0.3, -0.25) is 13.9 Å². The van der Waals surface area contributed by atoms with Gasteiger partial charge in [-0.2, -0.15) is 4.98 Å². The molecule has 38 heavy (non-hydrogen) atoms. The normalized spacial score (nSPS) is 26.3. The minimum atomic E-state index is -4.51. The zero-order chi connectivity index (χ0) is 29.9. The van der Waals surface area contributed by atoms with Crippen molar-refractivity contribution in [2.24, 2.45) is 11.7 Å². The van der Waals surface area contributed by atoms with Crippen molar-refractivity contribution < 1.29 is 35.7 Å². The molecule has 1 aromatic heterocycles. The van der Waals surface area contributed by atoms with E-state index in [2.05, 4.69) is 21.8 Å². The molecule has 6 atom stereocenters. The van der Waals surface area contributed by atoms with Crippen LogP contribution in [0.25, 0.3) is 0 Å². The van der Waals surface area contributed by atoms with Crippen molar-refractivity contribution in [2.45, 2.75) is 57.8 Å². The average molecular weight is 552 g/mol. The van der Waals surface area contributed by atoms with Gasteiger partial charge < -0.3 is 30.6 Å². The predicted octanol–water partition coefficient (Wildman–Crippen LogP) is 1.08. The van der Waals surface area contributed by atoms with Gasteiger partial charge in [-0.05, 0) is 32.9 Å². The number of aliphatic hydroxyl groups excluding tert-OH is 1. The van der Waals surface area contributed by atoms with Crippen LogP contribution in [0, 0.1) is 17.8 Å². The van der Waals surface area contributed by atoms with Crippen LogP contribution < -0.4 is 21.7 Å². The van der Waals surface area contributed by atoms with Crippen molar-refractivity contribution in [3.05, 3.63) is 47.1 Å². The number of carbonyl (C=O) groups excluding carboxylic acids is 1. The fourth-order valence-electron chi connectivity index (χ4n) is 3.60. The quantitative estimate of drug-likeness (QED) is 0.217. The number of aromatic nitrogens is 3. The van der Waals surface area contributed by atoms with Gasteiger partial charge in [-0.25, -0.2) is 14.3 Å². The summed E-state index contributed by atoms with van der Waals surface area (Å²) in [6.45, 7) is 3.07. The van der Waals surface area contributed by atoms with Crippen LogP contribution in [-0.4, -0.2) is 62.2 Å². The summed E-state index contributed by atoms with van der Waals surface area (Å²) in [4.78, 5) is 32.2. The van der Waals surface area contributed by atoms with Gasteiger partial charge in [0.15, 0.2) is 11.8 Å². The van der Waals surface area contributed by atoms with Crippen molar-refractivity contribution in [3.63, 3.8) is 0 Å². The molecular weight excluding hydrogens is 517 g/mol. The lowest BCUT2D eigenvalue weighted by Crippen LogP contribution is -2.55. The predicted molar refractivity (Wildman–Crippen MR) is 137 cm³/mol. The SMILES string of the molecule is [2H]C([2H])(O[P@@](=O)(C[C@@H](C)C(=O)OC(C)C)Oc1ccccc1)[C@H]1O[C@@H](n2cnc(N)nc2=O)C(N)(C#CC)[C@H]1O. The number of nitrogens with zero attached hydrogens (tertiary/aromatic N) is 3. The Kier molecular flexibility index (Phi) is 8.36. The van der Waals surface area contributed by atoms with Gasteiger partial charge >= 0.3 is 19.3 Å². The Bertz CT molecular complexity index is 1380. The zero-order valence-electron chi connectivity index (χ0n) is 23.3. The van der Waals surface area contributed by atoms with Crippen LogP contribution in [0.1, 0.15) is 36.7 Å². The maximum absolute atomic E-state index is 14.0. The highest BCUT2D eigenvalue weighted by Crippen LogP contribution is 2.51. The number of esters is 1. The van der Waals surface area contributed by atoms with E-state index in [-0.39, 0.29) is 11.7 Å². The number of hydrogen-bond acceptors (Lipinski definition) is 12. The molecule has 14 heteroatoms. The number of hydrogen-bond donors (Lipinski definition) is 3. The number of nitrogens with two attached hydrogens (primary N) is 2. The number of benzene rings is 1. The Morgan fingerprint density at radius 3 is 2.66 bits per heavy atom. The Morgan fingerprint density at radius 2 is 2.05 bits per heavy atom. The van der Waals surface area contributed by atoms with E-state index in [4.69, 9.17) is 32.7 Å². The second-order valence-electron chi connectivity index (χ2n) is 8.86. The summed E-state index contributed by atoms with van der Waals surface area (Å²) < 4.78 is 54.0. The van der Waals surface area contributed by atoms with Crippen molar-refractivity contribution in [1.29, 1.82) is 0 Å². The van der Waals surface area contributed by atoms with Gasteiger partial charge in [-0.1, -0.05) is 31.0 Å². The van der Waals surface area contributed by atoms with Crippen LogP contribution in [0.4, 0.5) is 5.95 Å². The highest BCUT2D eigenvalue weighted by molar-refractivity contribution is 7.54. The average Bonchev–Trinajstić information content (AvgIpc) is 3.10. The summed E-state index contributed by atoms with van der Waals surface area (Å²) >= 11 is 0. The highest BCUT2D eigenvalue weighted by Gasteiger charge is 2.55. The minimum Gasteiger partial charge on any atom is -0.463 e. The van der Waals surface area contributed by atoms with Gasteiger partial charge in [0.2, 0.25) is 5.95 Å². The lowest BCUT2D eigenvalue weighted by molar-refractivity contribution is -0.151. The first-order chi connectivity index (χ1) is 18.6. The Balaban J connectivity index is 1.99. The van der Waals surface area contributed by atoms with E-state index in [9.17, 15) is 19.3 Å². The molecule has 1 unspecified atom stereocenters. The minimum absolute atomic E-state index is 0.0763. The van der Waals surface area contributed by atoms with E-state index in [1.165, 1.54) is 26.0 Å². The molecule has 0 saturated carbocycles. The summed E-state index contributed by atoms with van der Waals surface area (Å²) in [6, 6.07) is 7.81. The summed E-state index contributed by atoms with van der Waals surface area (Å²) in [5.41, 5.74) is 8.81. The van der Waals surface area contributed by atoms with E-state index >= 15 is 0 Å². The molecule has 2 aromatic rings. The first-order valence-electron chi connectivity index (χ1n) is 12.6. The largest absolute Gasteiger partial charge is 0.463 e. The van der Waals surface area contributed by atoms with Gasteiger partial charge in [0.25, 0.3) is 0 Å². The van der Waals surface area contributed by atoms with Crippen molar-refractivity contribution in [2.75, 3.05) is 18.5 Å². The third kappa shape index (κ3) is 6.78. The monoisotopic (exact) mass is 551 g/mol. The molecule has 13 nitrogen and oxygen atoms in total. The number of carbonyl (C=O) groups is 1. The number of anilines is 1. The van der Waals surface area contributed by atoms with Gasteiger partial charge in [0.05, 0.1) is 27.5 Å². The van der Waals surface area contributed by atoms with Crippen LogP contribution in [0.2, 0.25) is 0 Å². The molecule has 0 radical (unpaired) electrons. The fourth-order valence-corrected chi connectivity index (χ4v) is 5.32. The third-order valence-electron chi connectivity index (χ3n) is 5.35. The lowest BCUT2D eigenvalue weighted by Gasteiger charge is -2.27. The maximum atomic E-state index is 14.0. The molecule has 5 N–H and O–H groups in total. The second-order valence-corrected chi connectivity index (χ2v) is 10.8. The second kappa shape index (κ2) is 12.1. The van der Waals surface area contributed by atoms with Crippen molar-refractivity contribution in [3.8, 4) is 17.6 Å². The molecule has 0 bridgehead atoms. The standard InChI is InChI=1S/C24H32N5O8P/c1-5-11-24(26)19(30)18(36-21(24)29-14-27-22(25)28-23(29)32)12-34-38(33,37-17-9-7-6-8-10-17)13-16(4)20(31)35-15(2)3/h6-10,14-16,18-19,21,30H,12-13,26H2,1-4H3,(H2,25,28,32)/t16-,18-,19+,21-,24?,38+/m1/s1/i12D2. The van der Waals surface area contributed by atoms with E-state index < -0.39 is 68.0 Å². The van der Waals surface area contributed by atoms with Gasteiger partial charge in [-0.15, -0.1) is 5.92 Å². The fraction of sp³-hybridized carbons (Fsp3) is 0.500. The van der Waals surface area contributed by atoms with Crippen molar-refractivity contribution >= 4 is 19.5 Å².